The van der Waals surface area contributed by atoms with Gasteiger partial charge in [0.25, 0.3) is 0 Å². The topological polar surface area (TPSA) is 33.1 Å². The third kappa shape index (κ3) is 3.37. The average Bonchev–Trinajstić information content (AvgIpc) is 3.28. The quantitative estimate of drug-likeness (QED) is 0.792. The number of aliphatic hydroxyl groups excluding tert-OH is 1. The van der Waals surface area contributed by atoms with Crippen LogP contribution in [0.1, 0.15) is 68.7 Å². The SMILES string of the molecule is Cc1cnccc1C(C)(C)CC1CC1(CO)c1ccc(C(C)C)cc1. The van der Waals surface area contributed by atoms with Crippen molar-refractivity contribution in [3.8, 4) is 0 Å². The lowest BCUT2D eigenvalue weighted by Gasteiger charge is -2.28. The molecule has 2 aromatic rings. The van der Waals surface area contributed by atoms with Crippen molar-refractivity contribution in [1.82, 2.24) is 4.98 Å². The molecule has 0 radical (unpaired) electrons. The van der Waals surface area contributed by atoms with E-state index in [1.54, 1.807) is 0 Å². The Hall–Kier alpha value is -1.67. The first-order valence-electron chi connectivity index (χ1n) is 9.42. The molecule has 1 aliphatic carbocycles. The van der Waals surface area contributed by atoms with Gasteiger partial charge in [-0.15, -0.1) is 0 Å². The second-order valence-corrected chi connectivity index (χ2v) is 8.77. The first-order valence-corrected chi connectivity index (χ1v) is 9.42. The molecule has 1 aromatic heterocycles. The molecule has 25 heavy (non-hydrogen) atoms. The van der Waals surface area contributed by atoms with Crippen molar-refractivity contribution < 1.29 is 5.11 Å². The predicted molar refractivity (Wildman–Crippen MR) is 104 cm³/mol. The maximum atomic E-state index is 10.2. The van der Waals surface area contributed by atoms with Crippen LogP contribution in [-0.4, -0.2) is 16.7 Å². The Morgan fingerprint density at radius 2 is 1.88 bits per heavy atom. The van der Waals surface area contributed by atoms with Crippen molar-refractivity contribution in [2.75, 3.05) is 6.61 Å². The first kappa shape index (κ1) is 18.1. The zero-order valence-electron chi connectivity index (χ0n) is 16.2. The summed E-state index contributed by atoms with van der Waals surface area (Å²) in [4.78, 5) is 4.23. The van der Waals surface area contributed by atoms with E-state index in [-0.39, 0.29) is 17.4 Å². The highest BCUT2D eigenvalue weighted by molar-refractivity contribution is 5.38. The summed E-state index contributed by atoms with van der Waals surface area (Å²) in [5, 5.41) is 10.2. The van der Waals surface area contributed by atoms with Crippen LogP contribution in [0.15, 0.2) is 42.7 Å². The number of nitrogens with zero attached hydrogens (tertiary/aromatic N) is 1. The van der Waals surface area contributed by atoms with E-state index in [0.717, 1.165) is 12.8 Å². The average molecular weight is 338 g/mol. The van der Waals surface area contributed by atoms with Gasteiger partial charge < -0.3 is 5.11 Å². The fourth-order valence-electron chi connectivity index (χ4n) is 4.45. The number of aryl methyl sites for hydroxylation is 1. The molecular formula is C23H31NO. The minimum atomic E-state index is -0.0479. The number of aliphatic hydroxyl groups is 1. The zero-order valence-corrected chi connectivity index (χ0v) is 16.2. The lowest BCUT2D eigenvalue weighted by atomic mass is 9.76. The van der Waals surface area contributed by atoms with E-state index in [4.69, 9.17) is 0 Å². The Bertz CT molecular complexity index is 732. The van der Waals surface area contributed by atoms with E-state index < -0.39 is 0 Å². The lowest BCUT2D eigenvalue weighted by Crippen LogP contribution is -2.23. The standard InChI is InChI=1S/C23H31NO/c1-16(2)18-6-8-19(9-7-18)23(15-25)13-20(23)12-22(4,5)21-10-11-24-14-17(21)3/h6-11,14,16,20,25H,12-13,15H2,1-5H3. The van der Waals surface area contributed by atoms with Crippen molar-refractivity contribution in [2.45, 2.75) is 64.2 Å². The first-order chi connectivity index (χ1) is 11.8. The molecule has 1 fully saturated rings. The van der Waals surface area contributed by atoms with Crippen LogP contribution in [0.3, 0.4) is 0 Å². The summed E-state index contributed by atoms with van der Waals surface area (Å²) in [5.41, 5.74) is 5.33. The zero-order chi connectivity index (χ0) is 18.2. The number of hydrogen-bond acceptors (Lipinski definition) is 2. The molecule has 0 spiro atoms. The summed E-state index contributed by atoms with van der Waals surface area (Å²) in [7, 11) is 0. The molecule has 0 amide bonds. The van der Waals surface area contributed by atoms with Crippen molar-refractivity contribution in [3.63, 3.8) is 0 Å². The molecule has 1 heterocycles. The smallest absolute Gasteiger partial charge is 0.0530 e. The normalized spacial score (nSPS) is 23.1. The Labute approximate surface area is 152 Å². The van der Waals surface area contributed by atoms with Crippen LogP contribution in [0.5, 0.6) is 0 Å². The highest BCUT2D eigenvalue weighted by Crippen LogP contribution is 2.58. The monoisotopic (exact) mass is 337 g/mol. The van der Waals surface area contributed by atoms with Crippen molar-refractivity contribution in [3.05, 3.63) is 65.0 Å². The highest BCUT2D eigenvalue weighted by Gasteiger charge is 2.56. The lowest BCUT2D eigenvalue weighted by molar-refractivity contribution is 0.238. The molecule has 1 aromatic carbocycles. The molecule has 3 rings (SSSR count). The Morgan fingerprint density at radius 3 is 2.44 bits per heavy atom. The predicted octanol–water partition coefficient (Wildman–Crippen LogP) is 5.13. The largest absolute Gasteiger partial charge is 0.395 e. The fraction of sp³-hybridized carbons (Fsp3) is 0.522. The molecule has 1 N–H and O–H groups in total. The molecule has 134 valence electrons. The minimum absolute atomic E-state index is 0.0479. The van der Waals surface area contributed by atoms with Gasteiger partial charge in [0, 0.05) is 17.8 Å². The molecule has 2 nitrogen and oxygen atoms in total. The van der Waals surface area contributed by atoms with E-state index in [9.17, 15) is 5.11 Å². The summed E-state index contributed by atoms with van der Waals surface area (Å²) in [6.45, 7) is 11.5. The number of benzene rings is 1. The maximum absolute atomic E-state index is 10.2. The molecule has 2 unspecified atom stereocenters. The Morgan fingerprint density at radius 1 is 1.20 bits per heavy atom. The van der Waals surface area contributed by atoms with Crippen molar-refractivity contribution in [1.29, 1.82) is 0 Å². The van der Waals surface area contributed by atoms with Crippen molar-refractivity contribution >= 4 is 0 Å². The second-order valence-electron chi connectivity index (χ2n) is 8.77. The summed E-state index contributed by atoms with van der Waals surface area (Å²) in [6, 6.07) is 11.1. The van der Waals surface area contributed by atoms with E-state index in [0.29, 0.717) is 11.8 Å². The van der Waals surface area contributed by atoms with Gasteiger partial charge in [-0.25, -0.2) is 0 Å². The number of pyridine rings is 1. The fourth-order valence-corrected chi connectivity index (χ4v) is 4.45. The molecular weight excluding hydrogens is 306 g/mol. The summed E-state index contributed by atoms with van der Waals surface area (Å²) < 4.78 is 0. The maximum Gasteiger partial charge on any atom is 0.0530 e. The van der Waals surface area contributed by atoms with Crippen LogP contribution < -0.4 is 0 Å². The summed E-state index contributed by atoms with van der Waals surface area (Å²) >= 11 is 0. The third-order valence-electron chi connectivity index (χ3n) is 6.17. The number of aromatic nitrogens is 1. The number of rotatable bonds is 6. The van der Waals surface area contributed by atoms with Crippen LogP contribution in [0.25, 0.3) is 0 Å². The van der Waals surface area contributed by atoms with Gasteiger partial charge in [-0.2, -0.15) is 0 Å². The van der Waals surface area contributed by atoms with E-state index >= 15 is 0 Å². The highest BCUT2D eigenvalue weighted by atomic mass is 16.3. The number of hydrogen-bond donors (Lipinski definition) is 1. The molecule has 0 bridgehead atoms. The summed E-state index contributed by atoms with van der Waals surface area (Å²) in [6.07, 6.45) is 6.01. The molecule has 0 aliphatic heterocycles. The molecule has 1 saturated carbocycles. The Kier molecular flexibility index (Phi) is 4.76. The van der Waals surface area contributed by atoms with E-state index in [1.807, 2.05) is 12.4 Å². The van der Waals surface area contributed by atoms with Crippen LogP contribution >= 0.6 is 0 Å². The van der Waals surface area contributed by atoms with Crippen LogP contribution in [-0.2, 0) is 10.8 Å². The van der Waals surface area contributed by atoms with Gasteiger partial charge in [0.05, 0.1) is 6.61 Å². The van der Waals surface area contributed by atoms with Gasteiger partial charge in [0.2, 0.25) is 0 Å². The van der Waals surface area contributed by atoms with Gasteiger partial charge >= 0.3 is 0 Å². The minimum Gasteiger partial charge on any atom is -0.395 e. The third-order valence-corrected chi connectivity index (χ3v) is 6.17. The van der Waals surface area contributed by atoms with Crippen LogP contribution in [0.4, 0.5) is 0 Å². The van der Waals surface area contributed by atoms with Gasteiger partial charge in [0.15, 0.2) is 0 Å². The van der Waals surface area contributed by atoms with Crippen LogP contribution in [0, 0.1) is 12.8 Å². The second kappa shape index (κ2) is 6.57. The Balaban J connectivity index is 1.80. The van der Waals surface area contributed by atoms with Crippen LogP contribution in [0.2, 0.25) is 0 Å². The van der Waals surface area contributed by atoms with E-state index in [1.165, 1.54) is 22.3 Å². The molecule has 0 saturated heterocycles. The van der Waals surface area contributed by atoms with Gasteiger partial charge in [-0.3, -0.25) is 4.98 Å². The molecule has 2 heteroatoms. The summed E-state index contributed by atoms with van der Waals surface area (Å²) in [5.74, 6) is 1.08. The van der Waals surface area contributed by atoms with Gasteiger partial charge in [-0.05, 0) is 65.3 Å². The van der Waals surface area contributed by atoms with E-state index in [2.05, 4.69) is 69.9 Å². The van der Waals surface area contributed by atoms with Gasteiger partial charge in [-0.1, -0.05) is 52.0 Å². The molecule has 1 aliphatic rings. The van der Waals surface area contributed by atoms with Crippen molar-refractivity contribution in [2.24, 2.45) is 5.92 Å². The molecule has 2 atom stereocenters. The van der Waals surface area contributed by atoms with Gasteiger partial charge in [0.1, 0.15) is 0 Å².